The molecule has 6 rings (SSSR count). The van der Waals surface area contributed by atoms with Crippen molar-refractivity contribution in [3.8, 4) is 0 Å². The number of hydrogen-bond acceptors (Lipinski definition) is 7. The van der Waals surface area contributed by atoms with Crippen molar-refractivity contribution in [1.29, 1.82) is 0 Å². The molecule has 0 radical (unpaired) electrons. The first-order chi connectivity index (χ1) is 15.5. The van der Waals surface area contributed by atoms with Crippen molar-refractivity contribution in [2.24, 2.45) is 29.4 Å². The molecule has 0 aromatic heterocycles. The van der Waals surface area contributed by atoms with Gasteiger partial charge in [-0.2, -0.15) is 0 Å². The number of nitrogens with two attached hydrogens (primary N) is 1. The van der Waals surface area contributed by atoms with Gasteiger partial charge in [0, 0.05) is 12.1 Å². The highest BCUT2D eigenvalue weighted by Gasteiger charge is 2.48. The minimum Gasteiger partial charge on any atom is -0.492 e. The van der Waals surface area contributed by atoms with Gasteiger partial charge in [0.15, 0.2) is 0 Å². The Morgan fingerprint density at radius 3 is 2.22 bits per heavy atom. The Morgan fingerprint density at radius 1 is 0.938 bits per heavy atom. The smallest absolute Gasteiger partial charge is 0.126 e. The van der Waals surface area contributed by atoms with Crippen molar-refractivity contribution in [1.82, 2.24) is 0 Å². The fourth-order valence-electron chi connectivity index (χ4n) is 6.85. The molecule has 1 aromatic rings. The van der Waals surface area contributed by atoms with Crippen LogP contribution in [0.1, 0.15) is 49.3 Å². The quantitative estimate of drug-likeness (QED) is 0.419. The predicted octanol–water partition coefficient (Wildman–Crippen LogP) is 1.34. The SMILES string of the molecule is NCCOC(=C1C2CC3CC(C2)CC1C3)c1ccccc1C1O[C@H](CO)[C@H](O)[C@H](O)[C@H]1O. The van der Waals surface area contributed by atoms with Gasteiger partial charge in [0.25, 0.3) is 0 Å². The summed E-state index contributed by atoms with van der Waals surface area (Å²) in [4.78, 5) is 0. The lowest BCUT2D eigenvalue weighted by atomic mass is 9.54. The molecule has 1 aromatic carbocycles. The van der Waals surface area contributed by atoms with E-state index >= 15 is 0 Å². The van der Waals surface area contributed by atoms with Crippen LogP contribution in [-0.2, 0) is 9.47 Å². The van der Waals surface area contributed by atoms with E-state index in [9.17, 15) is 20.4 Å². The summed E-state index contributed by atoms with van der Waals surface area (Å²) in [6.07, 6.45) is 0.230. The first-order valence-electron chi connectivity index (χ1n) is 12.0. The molecule has 1 saturated heterocycles. The van der Waals surface area contributed by atoms with Crippen LogP contribution in [0.5, 0.6) is 0 Å². The van der Waals surface area contributed by atoms with Gasteiger partial charge < -0.3 is 35.6 Å². The van der Waals surface area contributed by atoms with Gasteiger partial charge in [-0.05, 0) is 66.9 Å². The van der Waals surface area contributed by atoms with Crippen molar-refractivity contribution in [3.05, 3.63) is 41.0 Å². The summed E-state index contributed by atoms with van der Waals surface area (Å²) in [6, 6.07) is 7.64. The Kier molecular flexibility index (Phi) is 6.31. The van der Waals surface area contributed by atoms with Crippen molar-refractivity contribution in [3.63, 3.8) is 0 Å². The monoisotopic (exact) mass is 445 g/mol. The first-order valence-corrected chi connectivity index (χ1v) is 12.0. The van der Waals surface area contributed by atoms with E-state index in [1.165, 1.54) is 37.7 Å². The minimum atomic E-state index is -1.42. The normalized spacial score (nSPS) is 40.5. The Morgan fingerprint density at radius 2 is 1.59 bits per heavy atom. The zero-order valence-electron chi connectivity index (χ0n) is 18.3. The first kappa shape index (κ1) is 22.3. The van der Waals surface area contributed by atoms with Crippen molar-refractivity contribution in [2.45, 2.75) is 62.6 Å². The summed E-state index contributed by atoms with van der Waals surface area (Å²) in [6.45, 7) is 0.349. The van der Waals surface area contributed by atoms with Crippen LogP contribution in [0.4, 0.5) is 0 Å². The molecule has 7 nitrogen and oxygen atoms in total. The summed E-state index contributed by atoms with van der Waals surface area (Å²) in [5.74, 6) is 3.51. The highest BCUT2D eigenvalue weighted by atomic mass is 16.5. The fraction of sp³-hybridized carbons (Fsp3) is 0.680. The number of aliphatic hydroxyl groups excluding tert-OH is 4. The average molecular weight is 446 g/mol. The zero-order valence-corrected chi connectivity index (χ0v) is 18.3. The number of benzene rings is 1. The molecule has 0 spiro atoms. The van der Waals surface area contributed by atoms with Gasteiger partial charge in [0.05, 0.1) is 6.61 Å². The summed E-state index contributed by atoms with van der Waals surface area (Å²) < 4.78 is 12.2. The van der Waals surface area contributed by atoms with Gasteiger partial charge >= 0.3 is 0 Å². The Bertz CT molecular complexity index is 825. The van der Waals surface area contributed by atoms with E-state index in [1.54, 1.807) is 0 Å². The minimum absolute atomic E-state index is 0.397. The molecule has 32 heavy (non-hydrogen) atoms. The molecule has 176 valence electrons. The molecule has 1 heterocycles. The molecule has 5 fully saturated rings. The third-order valence-electron chi connectivity index (χ3n) is 8.05. The van der Waals surface area contributed by atoms with Crippen LogP contribution in [0.25, 0.3) is 5.76 Å². The molecule has 1 unspecified atom stereocenters. The molecule has 4 saturated carbocycles. The molecule has 7 heteroatoms. The zero-order chi connectivity index (χ0) is 22.4. The van der Waals surface area contributed by atoms with E-state index < -0.39 is 37.1 Å². The second-order valence-corrected chi connectivity index (χ2v) is 10.1. The number of allylic oxidation sites excluding steroid dienone is 1. The summed E-state index contributed by atoms with van der Waals surface area (Å²) in [7, 11) is 0. The fourth-order valence-corrected chi connectivity index (χ4v) is 6.85. The van der Waals surface area contributed by atoms with Crippen LogP contribution in [0.3, 0.4) is 0 Å². The molecule has 4 aliphatic carbocycles. The van der Waals surface area contributed by atoms with Gasteiger partial charge in [-0.15, -0.1) is 0 Å². The topological polar surface area (TPSA) is 125 Å². The van der Waals surface area contributed by atoms with Crippen LogP contribution in [0.2, 0.25) is 0 Å². The summed E-state index contributed by atoms with van der Waals surface area (Å²) in [5, 5.41) is 41.0. The van der Waals surface area contributed by atoms with Crippen molar-refractivity contribution in [2.75, 3.05) is 19.8 Å². The molecule has 5 aliphatic rings. The highest BCUT2D eigenvalue weighted by Crippen LogP contribution is 2.58. The molecular formula is C25H35NO6. The van der Waals surface area contributed by atoms with Crippen LogP contribution in [0.15, 0.2) is 29.8 Å². The van der Waals surface area contributed by atoms with Gasteiger partial charge in [-0.25, -0.2) is 0 Å². The maximum absolute atomic E-state index is 10.8. The summed E-state index contributed by atoms with van der Waals surface area (Å²) >= 11 is 0. The van der Waals surface area contributed by atoms with E-state index in [-0.39, 0.29) is 0 Å². The average Bonchev–Trinajstić information content (AvgIpc) is 2.79. The van der Waals surface area contributed by atoms with E-state index in [0.29, 0.717) is 30.6 Å². The van der Waals surface area contributed by atoms with E-state index in [1.807, 2.05) is 24.3 Å². The summed E-state index contributed by atoms with van der Waals surface area (Å²) in [5.41, 5.74) is 8.71. The molecule has 5 atom stereocenters. The van der Waals surface area contributed by atoms with Gasteiger partial charge in [0.1, 0.15) is 42.9 Å². The Hall–Kier alpha value is -1.48. The van der Waals surface area contributed by atoms with E-state index in [2.05, 4.69) is 0 Å². The predicted molar refractivity (Wildman–Crippen MR) is 118 cm³/mol. The maximum atomic E-state index is 10.8. The molecule has 6 N–H and O–H groups in total. The second kappa shape index (κ2) is 9.05. The maximum Gasteiger partial charge on any atom is 0.126 e. The van der Waals surface area contributed by atoms with E-state index in [0.717, 1.165) is 23.2 Å². The van der Waals surface area contributed by atoms with Gasteiger partial charge in [-0.3, -0.25) is 0 Å². The van der Waals surface area contributed by atoms with Crippen molar-refractivity contribution >= 4 is 5.76 Å². The van der Waals surface area contributed by atoms with Crippen molar-refractivity contribution < 1.29 is 29.9 Å². The largest absolute Gasteiger partial charge is 0.492 e. The number of hydrogen-bond donors (Lipinski definition) is 5. The third-order valence-corrected chi connectivity index (χ3v) is 8.05. The van der Waals surface area contributed by atoms with Gasteiger partial charge in [-0.1, -0.05) is 24.3 Å². The molecule has 4 bridgehead atoms. The van der Waals surface area contributed by atoms with Crippen LogP contribution >= 0.6 is 0 Å². The lowest BCUT2D eigenvalue weighted by Crippen LogP contribution is -2.55. The number of rotatable bonds is 6. The number of aliphatic hydroxyl groups is 4. The third kappa shape index (κ3) is 3.79. The number of ether oxygens (including phenoxy) is 2. The van der Waals surface area contributed by atoms with Crippen LogP contribution in [0, 0.1) is 23.7 Å². The molecule has 0 amide bonds. The van der Waals surface area contributed by atoms with Gasteiger partial charge in [0.2, 0.25) is 0 Å². The van der Waals surface area contributed by atoms with Crippen LogP contribution < -0.4 is 5.73 Å². The Labute approximate surface area is 188 Å². The molecule has 1 aliphatic heterocycles. The highest BCUT2D eigenvalue weighted by molar-refractivity contribution is 5.68. The second-order valence-electron chi connectivity index (χ2n) is 10.1. The lowest BCUT2D eigenvalue weighted by molar-refractivity contribution is -0.231. The molecular weight excluding hydrogens is 410 g/mol. The lowest BCUT2D eigenvalue weighted by Gasteiger charge is -2.52. The standard InChI is InChI=1S/C25H35NO6/c26-5-6-31-24(20-15-8-13-7-14(10-15)11-16(20)9-13)17-3-1-2-4-18(17)25-23(30)22(29)21(28)19(12-27)32-25/h1-4,13-16,19,21-23,25,27-30H,5-12,26H2/t13?,14?,15?,16?,19-,21+,22+,23-,25?/m1/s1. The van der Waals surface area contributed by atoms with E-state index in [4.69, 9.17) is 15.2 Å². The van der Waals surface area contributed by atoms with Crippen LogP contribution in [-0.4, -0.2) is 64.6 Å². The Balaban J connectivity index is 1.57.